The molecule has 25 heavy (non-hydrogen) atoms. The van der Waals surface area contributed by atoms with Crippen molar-refractivity contribution in [2.24, 2.45) is 0 Å². The minimum absolute atomic E-state index is 0.349. The highest BCUT2D eigenvalue weighted by Gasteiger charge is 2.27. The molecule has 0 aliphatic carbocycles. The van der Waals surface area contributed by atoms with Gasteiger partial charge in [-0.25, -0.2) is 4.98 Å². The van der Waals surface area contributed by atoms with E-state index in [0.29, 0.717) is 6.61 Å². The lowest BCUT2D eigenvalue weighted by Crippen LogP contribution is -3.16. The van der Waals surface area contributed by atoms with Gasteiger partial charge >= 0.3 is 0 Å². The summed E-state index contributed by atoms with van der Waals surface area (Å²) in [6.07, 6.45) is 1.52. The first-order chi connectivity index (χ1) is 12.1. The number of ether oxygens (including phenoxy) is 1. The number of nitrogens with one attached hydrogen (secondary N) is 2. The van der Waals surface area contributed by atoms with Crippen LogP contribution in [0.1, 0.15) is 11.1 Å². The number of H-pyrrole nitrogens is 1. The van der Waals surface area contributed by atoms with E-state index in [9.17, 15) is 5.11 Å². The number of pyridine rings is 1. The number of nitrogens with zero attached hydrogens (tertiary/aromatic N) is 1. The number of hydrogen-bond donors (Lipinski definition) is 2. The van der Waals surface area contributed by atoms with Gasteiger partial charge in [0.15, 0.2) is 0 Å². The van der Waals surface area contributed by atoms with Gasteiger partial charge in [-0.2, -0.15) is 0 Å². The Labute approximate surface area is 149 Å². The Balaban J connectivity index is 1.41. The van der Waals surface area contributed by atoms with Crippen LogP contribution in [0.15, 0.2) is 42.6 Å². The summed E-state index contributed by atoms with van der Waals surface area (Å²) in [5.41, 5.74) is 2.47. The SMILES string of the molecule is Cc1ccc(OC[C@@H](O)C[NH+]2CCN(c3cccc[nH+]3)CC2)cc1C. The van der Waals surface area contributed by atoms with Gasteiger partial charge in [-0.3, -0.25) is 4.90 Å². The van der Waals surface area contributed by atoms with Crippen LogP contribution in [0.2, 0.25) is 0 Å². The first kappa shape index (κ1) is 17.7. The minimum atomic E-state index is -0.438. The molecule has 3 rings (SSSR count). The number of rotatable bonds is 6. The number of aliphatic hydroxyl groups excluding tert-OH is 1. The van der Waals surface area contributed by atoms with E-state index in [-0.39, 0.29) is 0 Å². The maximum Gasteiger partial charge on any atom is 0.274 e. The molecule has 0 unspecified atom stereocenters. The third-order valence-electron chi connectivity index (χ3n) is 4.95. The molecule has 1 saturated heterocycles. The summed E-state index contributed by atoms with van der Waals surface area (Å²) in [4.78, 5) is 7.08. The molecule has 2 heterocycles. The lowest BCUT2D eigenvalue weighted by atomic mass is 10.1. The van der Waals surface area contributed by atoms with Crippen molar-refractivity contribution in [3.8, 4) is 5.75 Å². The van der Waals surface area contributed by atoms with Crippen molar-refractivity contribution in [3.63, 3.8) is 0 Å². The molecule has 2 aromatic rings. The number of hydrogen-bond acceptors (Lipinski definition) is 3. The van der Waals surface area contributed by atoms with E-state index in [4.69, 9.17) is 4.74 Å². The summed E-state index contributed by atoms with van der Waals surface area (Å²) in [6, 6.07) is 12.2. The van der Waals surface area contributed by atoms with E-state index < -0.39 is 6.10 Å². The zero-order valence-electron chi connectivity index (χ0n) is 15.2. The van der Waals surface area contributed by atoms with Gasteiger partial charge in [0.25, 0.3) is 5.82 Å². The second-order valence-electron chi connectivity index (χ2n) is 6.90. The Morgan fingerprint density at radius 3 is 2.64 bits per heavy atom. The molecule has 0 spiro atoms. The van der Waals surface area contributed by atoms with Crippen molar-refractivity contribution in [1.29, 1.82) is 0 Å². The van der Waals surface area contributed by atoms with Gasteiger partial charge < -0.3 is 14.7 Å². The fourth-order valence-electron chi connectivity index (χ4n) is 3.24. The molecule has 1 aromatic carbocycles. The van der Waals surface area contributed by atoms with E-state index in [2.05, 4.69) is 41.9 Å². The summed E-state index contributed by atoms with van der Waals surface area (Å²) < 4.78 is 5.76. The fourth-order valence-corrected chi connectivity index (χ4v) is 3.24. The molecule has 1 atom stereocenters. The van der Waals surface area contributed by atoms with Crippen molar-refractivity contribution < 1.29 is 19.7 Å². The van der Waals surface area contributed by atoms with Gasteiger partial charge in [0.05, 0.1) is 6.20 Å². The Hall–Kier alpha value is -2.11. The van der Waals surface area contributed by atoms with Crippen LogP contribution in [0.25, 0.3) is 0 Å². The Morgan fingerprint density at radius 1 is 1.16 bits per heavy atom. The normalized spacial score (nSPS) is 16.7. The van der Waals surface area contributed by atoms with E-state index in [1.165, 1.54) is 21.8 Å². The number of aromatic nitrogens is 1. The monoisotopic (exact) mass is 343 g/mol. The van der Waals surface area contributed by atoms with Gasteiger partial charge in [0.1, 0.15) is 51.2 Å². The molecule has 0 bridgehead atoms. The predicted octanol–water partition coefficient (Wildman–Crippen LogP) is 0.262. The number of quaternary nitrogens is 1. The predicted molar refractivity (Wildman–Crippen MR) is 98.2 cm³/mol. The number of anilines is 1. The van der Waals surface area contributed by atoms with Crippen molar-refractivity contribution >= 4 is 5.82 Å². The number of aryl methyl sites for hydroxylation is 2. The summed E-state index contributed by atoms with van der Waals surface area (Å²) in [6.45, 7) is 9.31. The molecule has 1 aliphatic heterocycles. The Bertz CT molecular complexity index is 670. The van der Waals surface area contributed by atoms with Crippen LogP contribution in [0.3, 0.4) is 0 Å². The van der Waals surface area contributed by atoms with Crippen LogP contribution >= 0.6 is 0 Å². The van der Waals surface area contributed by atoms with Crippen molar-refractivity contribution in [1.82, 2.24) is 0 Å². The van der Waals surface area contributed by atoms with Gasteiger partial charge in [0.2, 0.25) is 0 Å². The van der Waals surface area contributed by atoms with Crippen LogP contribution in [0.4, 0.5) is 5.82 Å². The van der Waals surface area contributed by atoms with E-state index in [1.54, 1.807) is 0 Å². The highest BCUT2D eigenvalue weighted by atomic mass is 16.5. The van der Waals surface area contributed by atoms with Gasteiger partial charge in [0, 0.05) is 6.07 Å². The van der Waals surface area contributed by atoms with Crippen molar-refractivity contribution in [2.45, 2.75) is 20.0 Å². The molecule has 1 aromatic heterocycles. The zero-order chi connectivity index (χ0) is 17.6. The lowest BCUT2D eigenvalue weighted by Gasteiger charge is -2.29. The van der Waals surface area contributed by atoms with E-state index in [1.807, 2.05) is 24.4 Å². The summed E-state index contributed by atoms with van der Waals surface area (Å²) >= 11 is 0. The highest BCUT2D eigenvalue weighted by Crippen LogP contribution is 2.16. The first-order valence-corrected chi connectivity index (χ1v) is 9.05. The highest BCUT2D eigenvalue weighted by molar-refractivity contribution is 5.34. The molecule has 0 radical (unpaired) electrons. The van der Waals surface area contributed by atoms with Crippen LogP contribution in [0.5, 0.6) is 5.75 Å². The molecule has 1 fully saturated rings. The number of piperazine rings is 1. The zero-order valence-corrected chi connectivity index (χ0v) is 15.2. The molecule has 0 amide bonds. The minimum Gasteiger partial charge on any atom is -0.491 e. The second kappa shape index (κ2) is 8.32. The van der Waals surface area contributed by atoms with Crippen molar-refractivity contribution in [3.05, 3.63) is 53.7 Å². The molecule has 3 N–H and O–H groups in total. The van der Waals surface area contributed by atoms with E-state index >= 15 is 0 Å². The van der Waals surface area contributed by atoms with Gasteiger partial charge in [-0.1, -0.05) is 12.1 Å². The first-order valence-electron chi connectivity index (χ1n) is 9.05. The average Bonchev–Trinajstić information content (AvgIpc) is 2.64. The maximum absolute atomic E-state index is 10.3. The quantitative estimate of drug-likeness (QED) is 0.791. The Morgan fingerprint density at radius 2 is 1.96 bits per heavy atom. The molecule has 1 aliphatic rings. The van der Waals surface area contributed by atoms with Crippen molar-refractivity contribution in [2.75, 3.05) is 44.2 Å². The van der Waals surface area contributed by atoms with Gasteiger partial charge in [-0.15, -0.1) is 0 Å². The van der Waals surface area contributed by atoms with Crippen LogP contribution < -0.4 is 19.5 Å². The molecule has 5 nitrogen and oxygen atoms in total. The van der Waals surface area contributed by atoms with E-state index in [0.717, 1.165) is 38.5 Å². The average molecular weight is 343 g/mol. The summed E-state index contributed by atoms with van der Waals surface area (Å²) in [7, 11) is 0. The third-order valence-corrected chi connectivity index (χ3v) is 4.95. The molecule has 0 saturated carbocycles. The standard InChI is InChI=1S/C20H27N3O2/c1-16-6-7-19(13-17(16)2)25-15-18(24)14-22-9-11-23(12-10-22)20-5-3-4-8-21-20/h3-8,13,18,24H,9-12,14-15H2,1-2H3/p+2/t18-/m0/s1. The summed E-state index contributed by atoms with van der Waals surface area (Å²) in [5.74, 6) is 2.00. The molecular formula is C20H29N3O2+2. The number of aromatic amines is 1. The van der Waals surface area contributed by atoms with Crippen LogP contribution in [-0.4, -0.2) is 50.5 Å². The summed E-state index contributed by atoms with van der Waals surface area (Å²) in [5, 5.41) is 10.3. The number of aliphatic hydroxyl groups is 1. The smallest absolute Gasteiger partial charge is 0.274 e. The lowest BCUT2D eigenvalue weighted by molar-refractivity contribution is -0.903. The maximum atomic E-state index is 10.3. The van der Waals surface area contributed by atoms with Gasteiger partial charge in [-0.05, 0) is 43.2 Å². The largest absolute Gasteiger partial charge is 0.491 e. The topological polar surface area (TPSA) is 51.3 Å². The molecule has 134 valence electrons. The van der Waals surface area contributed by atoms with Crippen LogP contribution in [-0.2, 0) is 0 Å². The number of benzene rings is 1. The molecule has 5 heteroatoms. The fraction of sp³-hybridized carbons (Fsp3) is 0.450. The van der Waals surface area contributed by atoms with Crippen LogP contribution in [0, 0.1) is 13.8 Å². The second-order valence-corrected chi connectivity index (χ2v) is 6.90. The molecular weight excluding hydrogens is 314 g/mol. The Kier molecular flexibility index (Phi) is 5.89. The third kappa shape index (κ3) is 4.94.